The first-order chi connectivity index (χ1) is 5.24. The summed E-state index contributed by atoms with van der Waals surface area (Å²) in [6, 6.07) is 7.98. The van der Waals surface area contributed by atoms with Crippen molar-refractivity contribution in [2.75, 3.05) is 0 Å². The molecule has 0 amide bonds. The molecule has 59 valence electrons. The zero-order valence-corrected chi connectivity index (χ0v) is 7.60. The van der Waals surface area contributed by atoms with Crippen molar-refractivity contribution >= 4 is 11.6 Å². The Bertz CT molecular complexity index is 213. The molecule has 0 fully saturated rings. The quantitative estimate of drug-likeness (QED) is 0.631. The number of rotatable bonds is 2. The molecular weight excluding hydrogens is 156 g/mol. The number of benzene rings is 1. The van der Waals surface area contributed by atoms with Gasteiger partial charge in [0.15, 0.2) is 0 Å². The summed E-state index contributed by atoms with van der Waals surface area (Å²) in [5, 5.41) is 0.803. The van der Waals surface area contributed by atoms with E-state index >= 15 is 0 Å². The first-order valence-electron chi connectivity index (χ1n) is 3.79. The smallest absolute Gasteiger partial charge is 0.0406 e. The maximum absolute atomic E-state index is 5.75. The molecule has 1 heteroatoms. The van der Waals surface area contributed by atoms with Crippen LogP contribution in [0.15, 0.2) is 24.3 Å². The van der Waals surface area contributed by atoms with Crippen LogP contribution in [0, 0.1) is 6.42 Å². The molecule has 0 aliphatic rings. The fourth-order valence-electron chi connectivity index (χ4n) is 0.959. The summed E-state index contributed by atoms with van der Waals surface area (Å²) in [4.78, 5) is 0. The first-order valence-corrected chi connectivity index (χ1v) is 4.17. The van der Waals surface area contributed by atoms with Gasteiger partial charge in [0.2, 0.25) is 0 Å². The summed E-state index contributed by atoms with van der Waals surface area (Å²) in [5.74, 6) is 0.521. The highest BCUT2D eigenvalue weighted by Gasteiger charge is 2.00. The third-order valence-corrected chi connectivity index (χ3v) is 2.15. The Morgan fingerprint density at radius 1 is 1.27 bits per heavy atom. The number of hydrogen-bond donors (Lipinski definition) is 0. The molecule has 0 aliphatic heterocycles. The van der Waals surface area contributed by atoms with Gasteiger partial charge in [-0.1, -0.05) is 37.6 Å². The fraction of sp³-hybridized carbons (Fsp3) is 0.300. The molecule has 0 N–H and O–H groups in total. The van der Waals surface area contributed by atoms with Crippen molar-refractivity contribution in [1.29, 1.82) is 0 Å². The SMILES string of the molecule is C[CH]C(C)c1ccc(Cl)cc1. The molecule has 1 radical (unpaired) electrons. The van der Waals surface area contributed by atoms with Crippen LogP contribution in [0.25, 0.3) is 0 Å². The highest BCUT2D eigenvalue weighted by molar-refractivity contribution is 6.30. The summed E-state index contributed by atoms with van der Waals surface area (Å²) in [6.45, 7) is 4.24. The van der Waals surface area contributed by atoms with E-state index in [1.165, 1.54) is 5.56 Å². The third kappa shape index (κ3) is 2.23. The van der Waals surface area contributed by atoms with Crippen molar-refractivity contribution < 1.29 is 0 Å². The van der Waals surface area contributed by atoms with E-state index in [2.05, 4.69) is 32.4 Å². The lowest BCUT2D eigenvalue weighted by atomic mass is 9.99. The Morgan fingerprint density at radius 3 is 2.27 bits per heavy atom. The van der Waals surface area contributed by atoms with Gasteiger partial charge in [-0.25, -0.2) is 0 Å². The third-order valence-electron chi connectivity index (χ3n) is 1.90. The highest BCUT2D eigenvalue weighted by atomic mass is 35.5. The topological polar surface area (TPSA) is 0 Å². The molecule has 0 spiro atoms. The number of hydrogen-bond acceptors (Lipinski definition) is 0. The Hall–Kier alpha value is -0.490. The average molecular weight is 168 g/mol. The maximum atomic E-state index is 5.75. The lowest BCUT2D eigenvalue weighted by Gasteiger charge is -2.07. The summed E-state index contributed by atoms with van der Waals surface area (Å²) in [7, 11) is 0. The standard InChI is InChI=1S/C10H12Cl/c1-3-8(2)9-4-6-10(11)7-5-9/h3-8H,1-2H3. The van der Waals surface area contributed by atoms with Crippen LogP contribution in [-0.4, -0.2) is 0 Å². The van der Waals surface area contributed by atoms with Crippen LogP contribution in [0.3, 0.4) is 0 Å². The minimum atomic E-state index is 0.521. The van der Waals surface area contributed by atoms with Gasteiger partial charge >= 0.3 is 0 Å². The van der Waals surface area contributed by atoms with Crippen molar-refractivity contribution in [2.24, 2.45) is 0 Å². The molecule has 0 nitrogen and oxygen atoms in total. The van der Waals surface area contributed by atoms with E-state index in [1.54, 1.807) is 0 Å². The summed E-state index contributed by atoms with van der Waals surface area (Å²) in [5.41, 5.74) is 1.32. The minimum Gasteiger partial charge on any atom is -0.0843 e. The molecule has 0 saturated carbocycles. The molecule has 0 bridgehead atoms. The Morgan fingerprint density at radius 2 is 1.82 bits per heavy atom. The van der Waals surface area contributed by atoms with E-state index in [-0.39, 0.29) is 0 Å². The molecular formula is C10H12Cl. The molecule has 0 aliphatic carbocycles. The van der Waals surface area contributed by atoms with Gasteiger partial charge in [-0.15, -0.1) is 0 Å². The van der Waals surface area contributed by atoms with Gasteiger partial charge in [-0.2, -0.15) is 0 Å². The average Bonchev–Trinajstić information content (AvgIpc) is 2.05. The highest BCUT2D eigenvalue weighted by Crippen LogP contribution is 2.19. The van der Waals surface area contributed by atoms with Crippen LogP contribution in [0.2, 0.25) is 5.02 Å². The van der Waals surface area contributed by atoms with Gasteiger partial charge in [0.1, 0.15) is 0 Å². The summed E-state index contributed by atoms with van der Waals surface area (Å²) >= 11 is 5.75. The fourth-order valence-corrected chi connectivity index (χ4v) is 1.08. The van der Waals surface area contributed by atoms with Crippen LogP contribution in [0.4, 0.5) is 0 Å². The van der Waals surface area contributed by atoms with Gasteiger partial charge in [0.25, 0.3) is 0 Å². The van der Waals surface area contributed by atoms with Crippen molar-refractivity contribution in [3.05, 3.63) is 41.3 Å². The summed E-state index contributed by atoms with van der Waals surface area (Å²) < 4.78 is 0. The van der Waals surface area contributed by atoms with Crippen molar-refractivity contribution in [3.8, 4) is 0 Å². The predicted molar refractivity (Wildman–Crippen MR) is 49.8 cm³/mol. The van der Waals surface area contributed by atoms with Crippen molar-refractivity contribution in [3.63, 3.8) is 0 Å². The van der Waals surface area contributed by atoms with Gasteiger partial charge in [0, 0.05) is 5.02 Å². The molecule has 1 aromatic carbocycles. The second-order valence-corrected chi connectivity index (χ2v) is 3.11. The zero-order chi connectivity index (χ0) is 8.27. The van der Waals surface area contributed by atoms with E-state index < -0.39 is 0 Å². The largest absolute Gasteiger partial charge is 0.0843 e. The van der Waals surface area contributed by atoms with Crippen LogP contribution in [0.5, 0.6) is 0 Å². The number of halogens is 1. The normalized spacial score (nSPS) is 13.0. The van der Waals surface area contributed by atoms with Crippen molar-refractivity contribution in [1.82, 2.24) is 0 Å². The molecule has 1 atom stereocenters. The van der Waals surface area contributed by atoms with E-state index in [9.17, 15) is 0 Å². The zero-order valence-electron chi connectivity index (χ0n) is 6.84. The predicted octanol–water partition coefficient (Wildman–Crippen LogP) is 3.67. The molecule has 1 rings (SSSR count). The molecule has 1 unspecified atom stereocenters. The van der Waals surface area contributed by atoms with E-state index in [1.807, 2.05) is 12.1 Å². The van der Waals surface area contributed by atoms with Gasteiger partial charge in [0.05, 0.1) is 0 Å². The van der Waals surface area contributed by atoms with E-state index in [0.29, 0.717) is 5.92 Å². The molecule has 0 heterocycles. The Labute approximate surface area is 73.2 Å². The molecule has 0 saturated heterocycles. The Balaban J connectivity index is 2.81. The summed E-state index contributed by atoms with van der Waals surface area (Å²) in [6.07, 6.45) is 2.17. The van der Waals surface area contributed by atoms with Crippen LogP contribution in [-0.2, 0) is 0 Å². The van der Waals surface area contributed by atoms with Gasteiger partial charge < -0.3 is 0 Å². The molecule has 0 aromatic heterocycles. The van der Waals surface area contributed by atoms with E-state index in [0.717, 1.165) is 5.02 Å². The van der Waals surface area contributed by atoms with Gasteiger partial charge in [-0.3, -0.25) is 0 Å². The van der Waals surface area contributed by atoms with Crippen LogP contribution < -0.4 is 0 Å². The lowest BCUT2D eigenvalue weighted by Crippen LogP contribution is -1.90. The maximum Gasteiger partial charge on any atom is 0.0406 e. The Kier molecular flexibility index (Phi) is 2.95. The van der Waals surface area contributed by atoms with Crippen LogP contribution >= 0.6 is 11.6 Å². The molecule has 1 aromatic rings. The second-order valence-electron chi connectivity index (χ2n) is 2.67. The molecule has 11 heavy (non-hydrogen) atoms. The monoisotopic (exact) mass is 167 g/mol. The van der Waals surface area contributed by atoms with Crippen molar-refractivity contribution in [2.45, 2.75) is 19.8 Å². The van der Waals surface area contributed by atoms with Gasteiger partial charge in [-0.05, 0) is 30.0 Å². The van der Waals surface area contributed by atoms with E-state index in [4.69, 9.17) is 11.6 Å². The lowest BCUT2D eigenvalue weighted by molar-refractivity contribution is 0.887. The van der Waals surface area contributed by atoms with Crippen LogP contribution in [0.1, 0.15) is 25.3 Å². The minimum absolute atomic E-state index is 0.521. The second kappa shape index (κ2) is 3.77. The first kappa shape index (κ1) is 8.61.